The van der Waals surface area contributed by atoms with Gasteiger partial charge in [0.1, 0.15) is 18.1 Å². The number of benzene rings is 2. The lowest BCUT2D eigenvalue weighted by atomic mass is 10.2. The molecule has 158 valence electrons. The maximum absolute atomic E-state index is 12.6. The fourth-order valence-electron chi connectivity index (χ4n) is 2.84. The molecule has 0 aliphatic rings. The summed E-state index contributed by atoms with van der Waals surface area (Å²) in [6.07, 6.45) is 0. The van der Waals surface area contributed by atoms with E-state index >= 15 is 0 Å². The minimum Gasteiger partial charge on any atom is -0.497 e. The number of ether oxygens (including phenoxy) is 2. The van der Waals surface area contributed by atoms with Gasteiger partial charge in [-0.1, -0.05) is 23.4 Å². The Bertz CT molecular complexity index is 983. The number of methoxy groups -OCH3 is 1. The zero-order valence-electron chi connectivity index (χ0n) is 17.8. The average Bonchev–Trinajstić information content (AvgIpc) is 3.14. The van der Waals surface area contributed by atoms with Crippen molar-refractivity contribution in [1.82, 2.24) is 25.2 Å². The van der Waals surface area contributed by atoms with Crippen molar-refractivity contribution in [3.8, 4) is 17.2 Å². The van der Waals surface area contributed by atoms with Gasteiger partial charge in [0.15, 0.2) is 5.69 Å². The molecule has 2 aromatic carbocycles. The summed E-state index contributed by atoms with van der Waals surface area (Å²) in [5.41, 5.74) is 2.70. The number of nitrogens with one attached hydrogen (secondary N) is 1. The maximum Gasteiger partial charge on any atom is 0.274 e. The van der Waals surface area contributed by atoms with Gasteiger partial charge in [-0.3, -0.25) is 4.79 Å². The lowest BCUT2D eigenvalue weighted by Crippen LogP contribution is -2.24. The Kier molecular flexibility index (Phi) is 7.03. The quantitative estimate of drug-likeness (QED) is 0.585. The molecule has 0 unspecified atom stereocenters. The molecule has 0 atom stereocenters. The summed E-state index contributed by atoms with van der Waals surface area (Å²) in [6, 6.07) is 15.1. The molecule has 0 spiro atoms. The van der Waals surface area contributed by atoms with E-state index in [2.05, 4.69) is 20.5 Å². The highest BCUT2D eigenvalue weighted by atomic mass is 16.5. The Morgan fingerprint density at radius 2 is 1.90 bits per heavy atom. The fourth-order valence-corrected chi connectivity index (χ4v) is 2.84. The van der Waals surface area contributed by atoms with Crippen LogP contribution >= 0.6 is 0 Å². The zero-order chi connectivity index (χ0) is 21.5. The molecule has 0 aliphatic carbocycles. The topological polar surface area (TPSA) is 81.5 Å². The van der Waals surface area contributed by atoms with Crippen LogP contribution in [0.5, 0.6) is 11.5 Å². The minimum atomic E-state index is -0.270. The molecule has 1 N–H and O–H groups in total. The zero-order valence-corrected chi connectivity index (χ0v) is 17.8. The van der Waals surface area contributed by atoms with Crippen molar-refractivity contribution in [2.75, 3.05) is 34.4 Å². The van der Waals surface area contributed by atoms with Crippen LogP contribution < -0.4 is 14.8 Å². The molecule has 0 bridgehead atoms. The summed E-state index contributed by atoms with van der Waals surface area (Å²) < 4.78 is 12.6. The van der Waals surface area contributed by atoms with E-state index < -0.39 is 0 Å². The molecule has 0 radical (unpaired) electrons. The van der Waals surface area contributed by atoms with Crippen molar-refractivity contribution in [3.05, 3.63) is 65.5 Å². The van der Waals surface area contributed by atoms with Crippen molar-refractivity contribution in [2.24, 2.45) is 0 Å². The monoisotopic (exact) mass is 409 g/mol. The molecule has 8 nitrogen and oxygen atoms in total. The van der Waals surface area contributed by atoms with Gasteiger partial charge in [0.2, 0.25) is 0 Å². The summed E-state index contributed by atoms with van der Waals surface area (Å²) in [5.74, 6) is 1.25. The molecular formula is C22H27N5O3. The predicted molar refractivity (Wildman–Crippen MR) is 114 cm³/mol. The summed E-state index contributed by atoms with van der Waals surface area (Å²) in [5, 5.41) is 11.1. The molecule has 1 amide bonds. The van der Waals surface area contributed by atoms with E-state index in [9.17, 15) is 4.79 Å². The van der Waals surface area contributed by atoms with E-state index in [1.165, 1.54) is 0 Å². The number of nitrogens with zero attached hydrogens (tertiary/aromatic N) is 4. The highest BCUT2D eigenvalue weighted by molar-refractivity contribution is 5.93. The number of carbonyl (C=O) groups excluding carboxylic acids is 1. The maximum atomic E-state index is 12.6. The van der Waals surface area contributed by atoms with Gasteiger partial charge in [-0.2, -0.15) is 0 Å². The van der Waals surface area contributed by atoms with E-state index in [0.29, 0.717) is 30.3 Å². The SMILES string of the molecule is COc1cccc(-n2nnc(C(=O)NCc3ccc(OCCN(C)C)cc3)c2C)c1. The molecule has 1 aromatic heterocycles. The number of hydrogen-bond acceptors (Lipinski definition) is 6. The van der Waals surface area contributed by atoms with Gasteiger partial charge in [-0.15, -0.1) is 5.10 Å². The van der Waals surface area contributed by atoms with Gasteiger partial charge >= 0.3 is 0 Å². The summed E-state index contributed by atoms with van der Waals surface area (Å²) >= 11 is 0. The standard InChI is InChI=1S/C22H27N5O3/c1-16-21(24-25-27(16)18-6-5-7-20(14-18)29-4)22(28)23-15-17-8-10-19(11-9-17)30-13-12-26(2)3/h5-11,14H,12-13,15H2,1-4H3,(H,23,28). The van der Waals surface area contributed by atoms with Crippen LogP contribution in [0.15, 0.2) is 48.5 Å². The lowest BCUT2D eigenvalue weighted by molar-refractivity contribution is 0.0945. The largest absolute Gasteiger partial charge is 0.497 e. The van der Waals surface area contributed by atoms with Crippen LogP contribution in [0.2, 0.25) is 0 Å². The smallest absolute Gasteiger partial charge is 0.274 e. The van der Waals surface area contributed by atoms with Crippen LogP contribution in [0.1, 0.15) is 21.7 Å². The summed E-state index contributed by atoms with van der Waals surface area (Å²) in [4.78, 5) is 14.7. The Hall–Kier alpha value is -3.39. The Morgan fingerprint density at radius 3 is 2.60 bits per heavy atom. The number of carbonyl (C=O) groups is 1. The van der Waals surface area contributed by atoms with Crippen molar-refractivity contribution in [1.29, 1.82) is 0 Å². The Balaban J connectivity index is 1.59. The number of rotatable bonds is 9. The molecule has 0 saturated heterocycles. The first-order valence-corrected chi connectivity index (χ1v) is 9.69. The van der Waals surface area contributed by atoms with E-state index in [1.54, 1.807) is 11.8 Å². The average molecular weight is 409 g/mol. The van der Waals surface area contributed by atoms with Crippen LogP contribution in [0.25, 0.3) is 5.69 Å². The van der Waals surface area contributed by atoms with E-state index in [4.69, 9.17) is 9.47 Å². The first kappa shape index (κ1) is 21.3. The number of likely N-dealkylation sites (N-methyl/N-ethyl adjacent to an activating group) is 1. The highest BCUT2D eigenvalue weighted by Crippen LogP contribution is 2.18. The molecule has 3 rings (SSSR count). The third-order valence-corrected chi connectivity index (χ3v) is 4.59. The summed E-state index contributed by atoms with van der Waals surface area (Å²) in [7, 11) is 5.62. The number of hydrogen-bond donors (Lipinski definition) is 1. The third-order valence-electron chi connectivity index (χ3n) is 4.59. The second-order valence-corrected chi connectivity index (χ2v) is 7.12. The van der Waals surface area contributed by atoms with Gasteiger partial charge in [0.05, 0.1) is 18.5 Å². The van der Waals surface area contributed by atoms with Crippen LogP contribution in [0.3, 0.4) is 0 Å². The molecule has 30 heavy (non-hydrogen) atoms. The minimum absolute atomic E-state index is 0.270. The first-order valence-electron chi connectivity index (χ1n) is 9.69. The normalized spacial score (nSPS) is 10.8. The van der Waals surface area contributed by atoms with Crippen LogP contribution in [0, 0.1) is 6.92 Å². The van der Waals surface area contributed by atoms with Gasteiger partial charge in [0.25, 0.3) is 5.91 Å². The van der Waals surface area contributed by atoms with Crippen molar-refractivity contribution in [2.45, 2.75) is 13.5 Å². The second-order valence-electron chi connectivity index (χ2n) is 7.12. The summed E-state index contributed by atoms with van der Waals surface area (Å²) in [6.45, 7) is 3.69. The van der Waals surface area contributed by atoms with Crippen LogP contribution in [-0.2, 0) is 6.54 Å². The van der Waals surface area contributed by atoms with E-state index in [-0.39, 0.29) is 5.91 Å². The molecule has 1 heterocycles. The molecule has 3 aromatic rings. The van der Waals surface area contributed by atoms with E-state index in [1.807, 2.05) is 69.6 Å². The van der Waals surface area contributed by atoms with Gasteiger partial charge in [0, 0.05) is 19.2 Å². The second kappa shape index (κ2) is 9.89. The molecule has 0 aliphatic heterocycles. The van der Waals surface area contributed by atoms with E-state index in [0.717, 1.165) is 23.5 Å². The Morgan fingerprint density at radius 1 is 1.13 bits per heavy atom. The van der Waals surface area contributed by atoms with Crippen LogP contribution in [-0.4, -0.2) is 60.2 Å². The fraction of sp³-hybridized carbons (Fsp3) is 0.318. The van der Waals surface area contributed by atoms with Crippen molar-refractivity contribution in [3.63, 3.8) is 0 Å². The molecule has 8 heteroatoms. The van der Waals surface area contributed by atoms with Gasteiger partial charge in [-0.05, 0) is 50.8 Å². The number of aromatic nitrogens is 3. The molecular weight excluding hydrogens is 382 g/mol. The van der Waals surface area contributed by atoms with Crippen molar-refractivity contribution < 1.29 is 14.3 Å². The first-order chi connectivity index (χ1) is 14.5. The molecule has 0 fully saturated rings. The van der Waals surface area contributed by atoms with Gasteiger partial charge < -0.3 is 19.7 Å². The van der Waals surface area contributed by atoms with Gasteiger partial charge in [-0.25, -0.2) is 4.68 Å². The van der Waals surface area contributed by atoms with Crippen LogP contribution in [0.4, 0.5) is 0 Å². The highest BCUT2D eigenvalue weighted by Gasteiger charge is 2.17. The Labute approximate surface area is 176 Å². The predicted octanol–water partition coefficient (Wildman–Crippen LogP) is 2.45. The lowest BCUT2D eigenvalue weighted by Gasteiger charge is -2.11. The molecule has 0 saturated carbocycles. The number of amides is 1. The van der Waals surface area contributed by atoms with Crippen molar-refractivity contribution >= 4 is 5.91 Å². The third kappa shape index (κ3) is 5.36.